The third kappa shape index (κ3) is 7.23. The van der Waals surface area contributed by atoms with Gasteiger partial charge in [0.05, 0.1) is 12.2 Å². The van der Waals surface area contributed by atoms with E-state index in [0.717, 1.165) is 55.5 Å². The predicted molar refractivity (Wildman–Crippen MR) is 137 cm³/mol. The molecule has 2 aromatic carbocycles. The first-order chi connectivity index (χ1) is 16.8. The molecule has 0 radical (unpaired) electrons. The molecule has 0 aromatic heterocycles. The number of alkyl halides is 3. The van der Waals surface area contributed by atoms with Crippen molar-refractivity contribution in [3.8, 4) is 5.75 Å². The molecule has 0 N–H and O–H groups in total. The topological polar surface area (TPSA) is 42.0 Å². The van der Waals surface area contributed by atoms with Gasteiger partial charge in [-0.1, -0.05) is 34.1 Å². The van der Waals surface area contributed by atoms with Crippen molar-refractivity contribution in [3.63, 3.8) is 0 Å². The molecule has 0 unspecified atom stereocenters. The number of piperazine rings is 1. The third-order valence-corrected chi connectivity index (χ3v) is 6.92. The molecular formula is C27H34BrF3N2O3. The molecule has 0 bridgehead atoms. The van der Waals surface area contributed by atoms with E-state index >= 15 is 0 Å². The first-order valence-corrected chi connectivity index (χ1v) is 12.9. The molecule has 0 saturated carbocycles. The van der Waals surface area contributed by atoms with Gasteiger partial charge < -0.3 is 9.47 Å². The molecule has 0 aliphatic carbocycles. The lowest BCUT2D eigenvalue weighted by Gasteiger charge is -2.35. The maximum Gasteiger partial charge on any atom is 0.417 e. The van der Waals surface area contributed by atoms with E-state index in [1.165, 1.54) is 5.56 Å². The normalized spacial score (nSPS) is 15.7. The van der Waals surface area contributed by atoms with Crippen molar-refractivity contribution in [2.75, 3.05) is 32.8 Å². The Hall–Kier alpha value is -2.10. The van der Waals surface area contributed by atoms with Crippen LogP contribution >= 0.6 is 15.9 Å². The number of nitrogens with zero attached hydrogens (tertiary/aromatic N) is 2. The number of esters is 1. The Labute approximate surface area is 219 Å². The lowest BCUT2D eigenvalue weighted by molar-refractivity contribution is -0.158. The average Bonchev–Trinajstić information content (AvgIpc) is 2.77. The lowest BCUT2D eigenvalue weighted by Crippen LogP contribution is -2.45. The van der Waals surface area contributed by atoms with Gasteiger partial charge in [0.1, 0.15) is 5.75 Å². The number of benzene rings is 2. The fourth-order valence-corrected chi connectivity index (χ4v) is 5.05. The Morgan fingerprint density at radius 3 is 1.94 bits per heavy atom. The van der Waals surface area contributed by atoms with Crippen LogP contribution in [0.25, 0.3) is 0 Å². The summed E-state index contributed by atoms with van der Waals surface area (Å²) in [6, 6.07) is 8.44. The number of carbonyl (C=O) groups excluding carboxylic acids is 1. The van der Waals surface area contributed by atoms with Crippen molar-refractivity contribution in [2.24, 2.45) is 0 Å². The van der Waals surface area contributed by atoms with Crippen molar-refractivity contribution < 1.29 is 27.4 Å². The Balaban J connectivity index is 1.57. The van der Waals surface area contributed by atoms with Crippen LogP contribution in [0.5, 0.6) is 5.75 Å². The lowest BCUT2D eigenvalue weighted by atomic mass is 10.0. The van der Waals surface area contributed by atoms with Crippen LogP contribution in [-0.2, 0) is 28.8 Å². The highest BCUT2D eigenvalue weighted by Gasteiger charge is 2.34. The Bertz CT molecular complexity index is 1060. The van der Waals surface area contributed by atoms with Crippen molar-refractivity contribution in [1.82, 2.24) is 9.80 Å². The molecule has 0 spiro atoms. The first-order valence-electron chi connectivity index (χ1n) is 12.1. The summed E-state index contributed by atoms with van der Waals surface area (Å²) in [7, 11) is 0. The summed E-state index contributed by atoms with van der Waals surface area (Å²) >= 11 is 3.06. The number of hydrogen-bond acceptors (Lipinski definition) is 5. The van der Waals surface area contributed by atoms with E-state index in [2.05, 4.69) is 37.9 Å². The summed E-state index contributed by atoms with van der Waals surface area (Å²) in [6.45, 7) is 14.3. The van der Waals surface area contributed by atoms with Crippen LogP contribution in [-0.4, -0.2) is 54.2 Å². The second-order valence-electron chi connectivity index (χ2n) is 9.76. The highest BCUT2D eigenvalue weighted by molar-refractivity contribution is 9.10. The molecule has 36 heavy (non-hydrogen) atoms. The number of carbonyl (C=O) groups is 1. The predicted octanol–water partition coefficient (Wildman–Crippen LogP) is 6.12. The summed E-state index contributed by atoms with van der Waals surface area (Å²) in [6.07, 6.45) is -4.36. The van der Waals surface area contributed by atoms with E-state index in [4.69, 9.17) is 9.47 Å². The molecule has 1 aliphatic heterocycles. The standard InChI is InChI=1S/C27H34BrF3N2O3/c1-6-35-25(34)26(4,5)36-24-18(2)13-21(14-19(24)3)17-33-11-9-32(10-12-33)16-20-7-8-22(23(28)15-20)27(29,30)31/h7-8,13-15H,6,9-12,16-17H2,1-5H3. The minimum Gasteiger partial charge on any atom is -0.476 e. The Morgan fingerprint density at radius 2 is 1.47 bits per heavy atom. The number of ether oxygens (including phenoxy) is 2. The monoisotopic (exact) mass is 570 g/mol. The largest absolute Gasteiger partial charge is 0.476 e. The Morgan fingerprint density at radius 1 is 0.944 bits per heavy atom. The van der Waals surface area contributed by atoms with E-state index in [1.54, 1.807) is 32.9 Å². The average molecular weight is 571 g/mol. The van der Waals surface area contributed by atoms with Gasteiger partial charge >= 0.3 is 12.1 Å². The van der Waals surface area contributed by atoms with Gasteiger partial charge in [0.2, 0.25) is 0 Å². The first kappa shape index (κ1) is 28.5. The van der Waals surface area contributed by atoms with Crippen molar-refractivity contribution in [3.05, 3.63) is 62.6 Å². The maximum atomic E-state index is 13.0. The number of hydrogen-bond donors (Lipinski definition) is 0. The van der Waals surface area contributed by atoms with Gasteiger partial charge in [-0.15, -0.1) is 0 Å². The van der Waals surface area contributed by atoms with Crippen LogP contribution in [0.15, 0.2) is 34.8 Å². The molecule has 9 heteroatoms. The molecule has 198 valence electrons. The van der Waals surface area contributed by atoms with Gasteiger partial charge in [-0.2, -0.15) is 13.2 Å². The molecule has 5 nitrogen and oxygen atoms in total. The van der Waals surface area contributed by atoms with Crippen LogP contribution in [0.1, 0.15) is 48.6 Å². The van der Waals surface area contributed by atoms with Crippen LogP contribution in [0.4, 0.5) is 13.2 Å². The molecular weight excluding hydrogens is 537 g/mol. The summed E-state index contributed by atoms with van der Waals surface area (Å²) in [5.41, 5.74) is 2.24. The van der Waals surface area contributed by atoms with Crippen LogP contribution in [0.2, 0.25) is 0 Å². The number of aryl methyl sites for hydroxylation is 2. The van der Waals surface area contributed by atoms with E-state index in [0.29, 0.717) is 18.9 Å². The fraction of sp³-hybridized carbons (Fsp3) is 0.519. The fourth-order valence-electron chi connectivity index (χ4n) is 4.40. The smallest absolute Gasteiger partial charge is 0.417 e. The van der Waals surface area contributed by atoms with Gasteiger partial charge in [-0.25, -0.2) is 4.79 Å². The molecule has 2 aromatic rings. The summed E-state index contributed by atoms with van der Waals surface area (Å²) in [5, 5.41) is 0. The van der Waals surface area contributed by atoms with Crippen molar-refractivity contribution in [2.45, 2.75) is 59.5 Å². The SMILES string of the molecule is CCOC(=O)C(C)(C)Oc1c(C)cc(CN2CCN(Cc3ccc(C(F)(F)F)c(Br)c3)CC2)cc1C. The summed E-state index contributed by atoms with van der Waals surface area (Å²) in [5.74, 6) is 0.304. The molecule has 0 atom stereocenters. The van der Waals surface area contributed by atoms with Gasteiger partial charge in [0.25, 0.3) is 0 Å². The van der Waals surface area contributed by atoms with E-state index < -0.39 is 23.3 Å². The minimum atomic E-state index is -4.36. The van der Waals surface area contributed by atoms with Gasteiger partial charge in [-0.05, 0) is 69.0 Å². The second-order valence-corrected chi connectivity index (χ2v) is 10.6. The third-order valence-electron chi connectivity index (χ3n) is 6.26. The summed E-state index contributed by atoms with van der Waals surface area (Å²) < 4.78 is 50.3. The summed E-state index contributed by atoms with van der Waals surface area (Å²) in [4.78, 5) is 16.9. The van der Waals surface area contributed by atoms with E-state index in [9.17, 15) is 18.0 Å². The number of halogens is 4. The van der Waals surface area contributed by atoms with Crippen LogP contribution in [0.3, 0.4) is 0 Å². The molecule has 1 fully saturated rings. The molecule has 1 aliphatic rings. The molecule has 1 saturated heterocycles. The zero-order chi connectivity index (χ0) is 26.7. The van der Waals surface area contributed by atoms with Gasteiger partial charge in [-0.3, -0.25) is 9.80 Å². The van der Waals surface area contributed by atoms with E-state index in [1.807, 2.05) is 13.8 Å². The van der Waals surface area contributed by atoms with Crippen LogP contribution < -0.4 is 4.74 Å². The molecule has 3 rings (SSSR count). The number of rotatable bonds is 8. The van der Waals surface area contributed by atoms with Crippen molar-refractivity contribution in [1.29, 1.82) is 0 Å². The van der Waals surface area contributed by atoms with Crippen LogP contribution in [0, 0.1) is 13.8 Å². The maximum absolute atomic E-state index is 13.0. The van der Waals surface area contributed by atoms with Crippen molar-refractivity contribution >= 4 is 21.9 Å². The van der Waals surface area contributed by atoms with Gasteiger partial charge in [0, 0.05) is 43.7 Å². The highest BCUT2D eigenvalue weighted by Crippen LogP contribution is 2.35. The minimum absolute atomic E-state index is 0.0787. The second kappa shape index (κ2) is 11.5. The molecule has 0 amide bonds. The van der Waals surface area contributed by atoms with Gasteiger partial charge in [0.15, 0.2) is 5.60 Å². The quantitative estimate of drug-likeness (QED) is 0.357. The highest BCUT2D eigenvalue weighted by atomic mass is 79.9. The molecule has 1 heterocycles. The Kier molecular flexibility index (Phi) is 9.11. The van der Waals surface area contributed by atoms with E-state index in [-0.39, 0.29) is 4.47 Å². The zero-order valence-corrected chi connectivity index (χ0v) is 23.1. The zero-order valence-electron chi connectivity index (χ0n) is 21.5.